The van der Waals surface area contributed by atoms with E-state index in [1.54, 1.807) is 0 Å². The van der Waals surface area contributed by atoms with Gasteiger partial charge in [-0.2, -0.15) is 0 Å². The second kappa shape index (κ2) is 7.78. The second-order valence-corrected chi connectivity index (χ2v) is 3.51. The van der Waals surface area contributed by atoms with Gasteiger partial charge in [-0.3, -0.25) is 0 Å². The Balaban J connectivity index is 2.39. The van der Waals surface area contributed by atoms with Crippen LogP contribution in [0, 0.1) is 11.8 Å². The molecule has 1 N–H and O–H groups in total. The lowest BCUT2D eigenvalue weighted by Gasteiger charge is -2.16. The Morgan fingerprint density at radius 2 is 2.06 bits per heavy atom. The van der Waals surface area contributed by atoms with Crippen LogP contribution in [0.4, 0.5) is 0 Å². The van der Waals surface area contributed by atoms with Gasteiger partial charge in [-0.25, -0.2) is 0 Å². The van der Waals surface area contributed by atoms with Crippen LogP contribution in [0.3, 0.4) is 0 Å². The maximum absolute atomic E-state index is 5.69. The molecule has 1 aromatic rings. The minimum absolute atomic E-state index is 0.303. The topological polar surface area (TPSA) is 21.3 Å². The average Bonchev–Trinajstić information content (AvgIpc) is 2.34. The molecule has 1 atom stereocenters. The second-order valence-electron chi connectivity index (χ2n) is 3.51. The minimum Gasteiger partial charge on any atom is -0.492 e. The minimum atomic E-state index is 0.303. The van der Waals surface area contributed by atoms with E-state index < -0.39 is 0 Å². The molecule has 0 fully saturated rings. The molecule has 0 aromatic heterocycles. The fourth-order valence-corrected chi connectivity index (χ4v) is 1.42. The van der Waals surface area contributed by atoms with Crippen LogP contribution in [-0.2, 0) is 0 Å². The molecule has 2 nitrogen and oxygen atoms in total. The van der Waals surface area contributed by atoms with Gasteiger partial charge in [0.25, 0.3) is 0 Å². The lowest BCUT2D eigenvalue weighted by atomic mass is 10.2. The zero-order valence-corrected chi connectivity index (χ0v) is 9.99. The van der Waals surface area contributed by atoms with E-state index >= 15 is 0 Å². The largest absolute Gasteiger partial charge is 0.492 e. The number of benzene rings is 1. The quantitative estimate of drug-likeness (QED) is 0.739. The maximum atomic E-state index is 5.69. The Hall–Kier alpha value is -1.46. The van der Waals surface area contributed by atoms with Gasteiger partial charge < -0.3 is 10.1 Å². The number of rotatable bonds is 6. The molecule has 0 bridgehead atoms. The highest BCUT2D eigenvalue weighted by Gasteiger charge is 2.05. The first-order valence-corrected chi connectivity index (χ1v) is 5.67. The smallest absolute Gasteiger partial charge is 0.119 e. The summed E-state index contributed by atoms with van der Waals surface area (Å²) in [6, 6.07) is 10.2. The summed E-state index contributed by atoms with van der Waals surface area (Å²) in [7, 11) is 0. The maximum Gasteiger partial charge on any atom is 0.119 e. The zero-order chi connectivity index (χ0) is 11.6. The number of hydrogen-bond donors (Lipinski definition) is 1. The van der Waals surface area contributed by atoms with Crippen molar-refractivity contribution in [3.05, 3.63) is 30.3 Å². The molecule has 2 heteroatoms. The monoisotopic (exact) mass is 217 g/mol. The average molecular weight is 217 g/mol. The third-order valence-corrected chi connectivity index (χ3v) is 2.21. The molecular formula is C14H19NO. The standard InChI is InChI=1S/C14H19NO/c1-3-5-9-13(15-4-2)12-16-14-10-7-6-8-11-14/h6-8,10-11,13,15H,4,9,12H2,1-2H3. The summed E-state index contributed by atoms with van der Waals surface area (Å²) in [6.45, 7) is 5.55. The van der Waals surface area contributed by atoms with E-state index in [-0.39, 0.29) is 0 Å². The van der Waals surface area contributed by atoms with E-state index in [0.29, 0.717) is 12.6 Å². The van der Waals surface area contributed by atoms with E-state index in [0.717, 1.165) is 18.7 Å². The Morgan fingerprint density at radius 3 is 2.69 bits per heavy atom. The highest BCUT2D eigenvalue weighted by Crippen LogP contribution is 2.08. The van der Waals surface area contributed by atoms with Crippen LogP contribution < -0.4 is 10.1 Å². The first kappa shape index (κ1) is 12.6. The Bertz CT molecular complexity index is 337. The van der Waals surface area contributed by atoms with Crippen molar-refractivity contribution in [3.63, 3.8) is 0 Å². The molecule has 86 valence electrons. The van der Waals surface area contributed by atoms with Crippen molar-refractivity contribution in [2.45, 2.75) is 26.3 Å². The van der Waals surface area contributed by atoms with Crippen LogP contribution in [0.5, 0.6) is 5.75 Å². The lowest BCUT2D eigenvalue weighted by Crippen LogP contribution is -2.34. The highest BCUT2D eigenvalue weighted by molar-refractivity contribution is 5.21. The predicted molar refractivity (Wildman–Crippen MR) is 67.5 cm³/mol. The van der Waals surface area contributed by atoms with Crippen LogP contribution in [-0.4, -0.2) is 19.2 Å². The first-order valence-electron chi connectivity index (χ1n) is 5.67. The molecule has 0 saturated carbocycles. The van der Waals surface area contributed by atoms with E-state index in [2.05, 4.69) is 24.1 Å². The third-order valence-electron chi connectivity index (χ3n) is 2.21. The molecule has 1 aromatic carbocycles. The van der Waals surface area contributed by atoms with E-state index in [4.69, 9.17) is 4.74 Å². The van der Waals surface area contributed by atoms with Gasteiger partial charge in [0.15, 0.2) is 0 Å². The third kappa shape index (κ3) is 4.86. The molecule has 0 aliphatic carbocycles. The summed E-state index contributed by atoms with van der Waals surface area (Å²) in [6.07, 6.45) is 0.831. The normalized spacial score (nSPS) is 11.4. The fourth-order valence-electron chi connectivity index (χ4n) is 1.42. The number of nitrogens with one attached hydrogen (secondary N) is 1. The van der Waals surface area contributed by atoms with Crippen molar-refractivity contribution in [3.8, 4) is 17.6 Å². The number of hydrogen-bond acceptors (Lipinski definition) is 2. The van der Waals surface area contributed by atoms with Crippen LogP contribution in [0.25, 0.3) is 0 Å². The summed E-state index contributed by atoms with van der Waals surface area (Å²) >= 11 is 0. The Labute approximate surface area is 98.0 Å². The van der Waals surface area contributed by atoms with Gasteiger partial charge in [0.05, 0.1) is 6.04 Å². The molecule has 0 aliphatic rings. The first-order chi connectivity index (χ1) is 7.86. The van der Waals surface area contributed by atoms with Crippen molar-refractivity contribution in [1.29, 1.82) is 0 Å². The van der Waals surface area contributed by atoms with Gasteiger partial charge in [-0.05, 0) is 25.6 Å². The van der Waals surface area contributed by atoms with Crippen molar-refractivity contribution >= 4 is 0 Å². The Kier molecular flexibility index (Phi) is 6.13. The van der Waals surface area contributed by atoms with Crippen molar-refractivity contribution < 1.29 is 4.74 Å². The van der Waals surface area contributed by atoms with E-state index in [9.17, 15) is 0 Å². The van der Waals surface area contributed by atoms with E-state index in [1.165, 1.54) is 0 Å². The number of likely N-dealkylation sites (N-methyl/N-ethyl adjacent to an activating group) is 1. The fraction of sp³-hybridized carbons (Fsp3) is 0.429. The molecule has 0 amide bonds. The molecular weight excluding hydrogens is 198 g/mol. The van der Waals surface area contributed by atoms with Gasteiger partial charge in [0, 0.05) is 6.42 Å². The predicted octanol–water partition coefficient (Wildman–Crippen LogP) is 2.46. The Morgan fingerprint density at radius 1 is 1.31 bits per heavy atom. The summed E-state index contributed by atoms with van der Waals surface area (Å²) in [4.78, 5) is 0. The molecule has 16 heavy (non-hydrogen) atoms. The van der Waals surface area contributed by atoms with Gasteiger partial charge in [0.1, 0.15) is 12.4 Å². The summed E-state index contributed by atoms with van der Waals surface area (Å²) in [5.41, 5.74) is 0. The molecule has 0 radical (unpaired) electrons. The van der Waals surface area contributed by atoms with Gasteiger partial charge >= 0.3 is 0 Å². The van der Waals surface area contributed by atoms with Crippen LogP contribution in [0.2, 0.25) is 0 Å². The van der Waals surface area contributed by atoms with Gasteiger partial charge in [-0.1, -0.05) is 25.1 Å². The molecule has 0 heterocycles. The van der Waals surface area contributed by atoms with Crippen molar-refractivity contribution in [2.75, 3.05) is 13.2 Å². The van der Waals surface area contributed by atoms with Crippen molar-refractivity contribution in [2.24, 2.45) is 0 Å². The molecule has 0 saturated heterocycles. The van der Waals surface area contributed by atoms with Crippen LogP contribution in [0.15, 0.2) is 30.3 Å². The number of para-hydroxylation sites is 1. The SMILES string of the molecule is CC#CCC(COc1ccccc1)NCC. The van der Waals surface area contributed by atoms with Gasteiger partial charge in [-0.15, -0.1) is 11.8 Å². The molecule has 1 unspecified atom stereocenters. The summed E-state index contributed by atoms with van der Waals surface area (Å²) in [5, 5.41) is 3.36. The van der Waals surface area contributed by atoms with Crippen LogP contribution in [0.1, 0.15) is 20.3 Å². The zero-order valence-electron chi connectivity index (χ0n) is 9.99. The van der Waals surface area contributed by atoms with Crippen LogP contribution >= 0.6 is 0 Å². The molecule has 0 aliphatic heterocycles. The number of ether oxygens (including phenoxy) is 1. The van der Waals surface area contributed by atoms with E-state index in [1.807, 2.05) is 37.3 Å². The molecule has 0 spiro atoms. The molecule has 1 rings (SSSR count). The highest BCUT2D eigenvalue weighted by atomic mass is 16.5. The van der Waals surface area contributed by atoms with Crippen molar-refractivity contribution in [1.82, 2.24) is 5.32 Å². The lowest BCUT2D eigenvalue weighted by molar-refractivity contribution is 0.268. The summed E-state index contributed by atoms with van der Waals surface area (Å²) in [5.74, 6) is 6.90. The summed E-state index contributed by atoms with van der Waals surface area (Å²) < 4.78 is 5.69. The van der Waals surface area contributed by atoms with Gasteiger partial charge in [0.2, 0.25) is 0 Å².